The molecule has 0 unspecified atom stereocenters. The standard InChI is InChI=1S/C16H20O4/c1-4-19-13(17)16(14(18)20-5-2)9-15(16)10(3)11-6-7-12(15)8-11/h6-7,11-12H,3-5,8-9H2,1-2H3/t11-,12+,15+/m0/s1. The molecule has 0 aromatic rings. The van der Waals surface area contributed by atoms with Crippen molar-refractivity contribution in [2.75, 3.05) is 13.2 Å². The van der Waals surface area contributed by atoms with E-state index in [9.17, 15) is 9.59 Å². The summed E-state index contributed by atoms with van der Waals surface area (Å²) in [4.78, 5) is 24.9. The van der Waals surface area contributed by atoms with Crippen molar-refractivity contribution in [1.82, 2.24) is 0 Å². The third kappa shape index (κ3) is 1.32. The van der Waals surface area contributed by atoms with E-state index in [1.165, 1.54) is 0 Å². The molecule has 0 N–H and O–H groups in total. The van der Waals surface area contributed by atoms with Crippen LogP contribution in [0.15, 0.2) is 24.3 Å². The second-order valence-corrected chi connectivity index (χ2v) is 5.85. The van der Waals surface area contributed by atoms with Gasteiger partial charge in [0.2, 0.25) is 0 Å². The highest BCUT2D eigenvalue weighted by molar-refractivity contribution is 6.06. The van der Waals surface area contributed by atoms with Crippen molar-refractivity contribution < 1.29 is 19.1 Å². The summed E-state index contributed by atoms with van der Waals surface area (Å²) in [6.45, 7) is 8.21. The van der Waals surface area contributed by atoms with Gasteiger partial charge < -0.3 is 9.47 Å². The quantitative estimate of drug-likeness (QED) is 0.449. The molecule has 0 aromatic carbocycles. The van der Waals surface area contributed by atoms with Crippen molar-refractivity contribution in [2.24, 2.45) is 22.7 Å². The molecule has 4 heteroatoms. The molecule has 0 amide bonds. The Morgan fingerprint density at radius 3 is 2.30 bits per heavy atom. The maximum Gasteiger partial charge on any atom is 0.324 e. The van der Waals surface area contributed by atoms with Gasteiger partial charge in [-0.15, -0.1) is 0 Å². The highest BCUT2D eigenvalue weighted by Gasteiger charge is 2.83. The molecule has 20 heavy (non-hydrogen) atoms. The van der Waals surface area contributed by atoms with Gasteiger partial charge in [-0.25, -0.2) is 0 Å². The van der Waals surface area contributed by atoms with Crippen LogP contribution in [-0.4, -0.2) is 25.2 Å². The fourth-order valence-electron chi connectivity index (χ4n) is 4.20. The first-order chi connectivity index (χ1) is 9.54. The molecule has 0 aromatic heterocycles. The van der Waals surface area contributed by atoms with Gasteiger partial charge in [0.25, 0.3) is 0 Å². The predicted molar refractivity (Wildman–Crippen MR) is 72.6 cm³/mol. The summed E-state index contributed by atoms with van der Waals surface area (Å²) in [6, 6.07) is 0. The van der Waals surface area contributed by atoms with Crippen LogP contribution < -0.4 is 0 Å². The third-order valence-corrected chi connectivity index (χ3v) is 5.17. The Hall–Kier alpha value is -1.58. The summed E-state index contributed by atoms with van der Waals surface area (Å²) in [7, 11) is 0. The normalized spacial score (nSPS) is 35.4. The minimum absolute atomic E-state index is 0.216. The lowest BCUT2D eigenvalue weighted by molar-refractivity contribution is -0.166. The molecule has 2 bridgehead atoms. The van der Waals surface area contributed by atoms with Gasteiger partial charge in [0.1, 0.15) is 0 Å². The zero-order valence-electron chi connectivity index (χ0n) is 12.0. The zero-order chi connectivity index (χ0) is 14.5. The Balaban J connectivity index is 1.99. The fraction of sp³-hybridized carbons (Fsp3) is 0.625. The minimum atomic E-state index is -1.15. The Kier molecular flexibility index (Phi) is 2.82. The largest absolute Gasteiger partial charge is 0.465 e. The Labute approximate surface area is 118 Å². The highest BCUT2D eigenvalue weighted by Crippen LogP contribution is 2.79. The number of esters is 2. The van der Waals surface area contributed by atoms with Crippen LogP contribution in [0.1, 0.15) is 26.7 Å². The van der Waals surface area contributed by atoms with Gasteiger partial charge >= 0.3 is 11.9 Å². The number of carbonyl (C=O) groups is 2. The van der Waals surface area contributed by atoms with Crippen molar-refractivity contribution in [1.29, 1.82) is 0 Å². The Bertz CT molecular complexity index is 501. The molecule has 0 saturated heterocycles. The summed E-state index contributed by atoms with van der Waals surface area (Å²) in [5.41, 5.74) is -0.600. The van der Waals surface area contributed by atoms with Crippen molar-refractivity contribution >= 4 is 11.9 Å². The van der Waals surface area contributed by atoms with Crippen molar-refractivity contribution in [3.05, 3.63) is 24.3 Å². The first kappa shape index (κ1) is 13.4. The van der Waals surface area contributed by atoms with Crippen molar-refractivity contribution in [3.63, 3.8) is 0 Å². The Morgan fingerprint density at radius 1 is 1.25 bits per heavy atom. The first-order valence-electron chi connectivity index (χ1n) is 7.26. The number of allylic oxidation sites excluding steroid dienone is 3. The van der Waals surface area contributed by atoms with Crippen LogP contribution in [0.4, 0.5) is 0 Å². The maximum atomic E-state index is 12.4. The third-order valence-electron chi connectivity index (χ3n) is 5.17. The van der Waals surface area contributed by atoms with E-state index in [0.29, 0.717) is 12.3 Å². The molecule has 3 aliphatic carbocycles. The maximum absolute atomic E-state index is 12.4. The SMILES string of the molecule is C=C1[C@H]2C=C[C@H](C2)[C@@]12CC2(C(=O)OCC)C(=O)OCC. The molecule has 0 radical (unpaired) electrons. The minimum Gasteiger partial charge on any atom is -0.465 e. The highest BCUT2D eigenvalue weighted by atomic mass is 16.6. The number of hydrogen-bond acceptors (Lipinski definition) is 4. The fourth-order valence-corrected chi connectivity index (χ4v) is 4.20. The van der Waals surface area contributed by atoms with E-state index in [1.54, 1.807) is 13.8 Å². The van der Waals surface area contributed by atoms with Crippen molar-refractivity contribution in [3.8, 4) is 0 Å². The number of carbonyl (C=O) groups excluding carboxylic acids is 2. The molecular formula is C16H20O4. The second kappa shape index (κ2) is 4.21. The molecular weight excluding hydrogens is 256 g/mol. The monoisotopic (exact) mass is 276 g/mol. The van der Waals surface area contributed by atoms with Crippen LogP contribution >= 0.6 is 0 Å². The molecule has 0 aliphatic heterocycles. The lowest BCUT2D eigenvalue weighted by Gasteiger charge is -2.26. The molecule has 2 fully saturated rings. The molecule has 108 valence electrons. The van der Waals surface area contributed by atoms with E-state index < -0.39 is 22.8 Å². The number of hydrogen-bond donors (Lipinski definition) is 0. The predicted octanol–water partition coefficient (Wildman–Crippen LogP) is 2.25. The van der Waals surface area contributed by atoms with Crippen LogP contribution in [0.2, 0.25) is 0 Å². The summed E-state index contributed by atoms with van der Waals surface area (Å²) in [5.74, 6) is -0.374. The summed E-state index contributed by atoms with van der Waals surface area (Å²) in [6.07, 6.45) is 5.71. The van der Waals surface area contributed by atoms with Crippen LogP contribution in [0, 0.1) is 22.7 Å². The summed E-state index contributed by atoms with van der Waals surface area (Å²) >= 11 is 0. The van der Waals surface area contributed by atoms with Gasteiger partial charge in [-0.3, -0.25) is 9.59 Å². The van der Waals surface area contributed by atoms with Crippen LogP contribution in [0.5, 0.6) is 0 Å². The lowest BCUT2D eigenvalue weighted by Crippen LogP contribution is -2.37. The van der Waals surface area contributed by atoms with E-state index in [-0.39, 0.29) is 19.1 Å². The smallest absolute Gasteiger partial charge is 0.324 e. The molecule has 1 spiro atoms. The molecule has 3 aliphatic rings. The topological polar surface area (TPSA) is 52.6 Å². The number of rotatable bonds is 4. The molecule has 4 nitrogen and oxygen atoms in total. The van der Waals surface area contributed by atoms with Gasteiger partial charge in [0.05, 0.1) is 13.2 Å². The van der Waals surface area contributed by atoms with Gasteiger partial charge in [-0.05, 0) is 38.5 Å². The van der Waals surface area contributed by atoms with Crippen LogP contribution in [-0.2, 0) is 19.1 Å². The van der Waals surface area contributed by atoms with Crippen LogP contribution in [0.3, 0.4) is 0 Å². The van der Waals surface area contributed by atoms with E-state index >= 15 is 0 Å². The van der Waals surface area contributed by atoms with Gasteiger partial charge in [-0.1, -0.05) is 24.3 Å². The zero-order valence-corrected chi connectivity index (χ0v) is 12.0. The van der Waals surface area contributed by atoms with E-state index in [4.69, 9.17) is 9.47 Å². The molecule has 0 heterocycles. The van der Waals surface area contributed by atoms with Gasteiger partial charge in [-0.2, -0.15) is 0 Å². The summed E-state index contributed by atoms with van der Waals surface area (Å²) < 4.78 is 10.3. The van der Waals surface area contributed by atoms with Crippen molar-refractivity contribution in [2.45, 2.75) is 26.7 Å². The first-order valence-corrected chi connectivity index (χ1v) is 7.26. The van der Waals surface area contributed by atoms with E-state index in [0.717, 1.165) is 12.0 Å². The number of fused-ring (bicyclic) bond motifs is 3. The lowest BCUT2D eigenvalue weighted by atomic mass is 9.78. The average Bonchev–Trinajstić information content (AvgIpc) is 2.76. The van der Waals surface area contributed by atoms with E-state index in [2.05, 4.69) is 18.7 Å². The van der Waals surface area contributed by atoms with Gasteiger partial charge in [0.15, 0.2) is 5.41 Å². The van der Waals surface area contributed by atoms with E-state index in [1.807, 2.05) is 0 Å². The summed E-state index contributed by atoms with van der Waals surface area (Å²) in [5, 5.41) is 0. The van der Waals surface area contributed by atoms with Crippen LogP contribution in [0.25, 0.3) is 0 Å². The number of ether oxygens (including phenoxy) is 2. The Morgan fingerprint density at radius 2 is 1.85 bits per heavy atom. The molecule has 3 rings (SSSR count). The second-order valence-electron chi connectivity index (χ2n) is 5.85. The molecule has 3 atom stereocenters. The van der Waals surface area contributed by atoms with Gasteiger partial charge in [0, 0.05) is 5.41 Å². The average molecular weight is 276 g/mol. The molecule has 2 saturated carbocycles.